The van der Waals surface area contributed by atoms with Crippen molar-refractivity contribution in [2.75, 3.05) is 0 Å². The van der Waals surface area contributed by atoms with E-state index in [9.17, 15) is 0 Å². The van der Waals surface area contributed by atoms with Crippen LogP contribution in [0.4, 0.5) is 0 Å². The average molecular weight is 697 g/mol. The largest absolute Gasteiger partial charge is 0.245 e. The van der Waals surface area contributed by atoms with E-state index in [1.54, 1.807) is 17.7 Å². The summed E-state index contributed by atoms with van der Waals surface area (Å²) in [5, 5.41) is 3.41. The number of benzene rings is 6. The molecule has 0 aliphatic heterocycles. The molecule has 53 heavy (non-hydrogen) atoms. The zero-order valence-electron chi connectivity index (χ0n) is 28.3. The Kier molecular flexibility index (Phi) is 7.55. The van der Waals surface area contributed by atoms with Crippen molar-refractivity contribution in [3.05, 3.63) is 170 Å². The van der Waals surface area contributed by atoms with Crippen LogP contribution in [-0.4, -0.2) is 29.9 Å². The minimum atomic E-state index is 0.612. The molecule has 0 aliphatic carbocycles. The molecule has 4 aromatic heterocycles. The monoisotopic (exact) mass is 696 g/mol. The topological polar surface area (TPSA) is 77.3 Å². The number of pyridine rings is 1. The number of fused-ring (bicyclic) bond motifs is 4. The van der Waals surface area contributed by atoms with Crippen molar-refractivity contribution in [1.29, 1.82) is 0 Å². The van der Waals surface area contributed by atoms with Crippen LogP contribution in [0.15, 0.2) is 170 Å². The molecular formula is C46H28N6S. The first-order valence-electron chi connectivity index (χ1n) is 17.3. The Hall–Kier alpha value is -6.96. The molecule has 10 rings (SSSR count). The Labute approximate surface area is 309 Å². The molecule has 10 aromatic rings. The van der Waals surface area contributed by atoms with Gasteiger partial charge in [0.1, 0.15) is 11.2 Å². The smallest absolute Gasteiger partial charge is 0.164 e. The SMILES string of the molecule is c1ccc(-c2cccc(-c3nc(-c4ccccc4)nc(-c4ccc(-c5cnc6sc7c(-c8ccc9ccccc9c8)ncnc7c6c5)cc4)n3)c2)cc1. The van der Waals surface area contributed by atoms with Crippen molar-refractivity contribution in [2.45, 2.75) is 0 Å². The van der Waals surface area contributed by atoms with Gasteiger partial charge in [-0.05, 0) is 45.7 Å². The molecule has 7 heteroatoms. The summed E-state index contributed by atoms with van der Waals surface area (Å²) < 4.78 is 1.03. The summed E-state index contributed by atoms with van der Waals surface area (Å²) in [5.41, 5.74) is 9.97. The number of hydrogen-bond donors (Lipinski definition) is 0. The van der Waals surface area contributed by atoms with Gasteiger partial charge in [-0.25, -0.2) is 29.9 Å². The first kappa shape index (κ1) is 30.8. The van der Waals surface area contributed by atoms with Crippen LogP contribution >= 0.6 is 11.3 Å². The molecule has 6 aromatic carbocycles. The fraction of sp³-hybridized carbons (Fsp3) is 0. The summed E-state index contributed by atoms with van der Waals surface area (Å²) in [7, 11) is 0. The fourth-order valence-electron chi connectivity index (χ4n) is 6.79. The van der Waals surface area contributed by atoms with Crippen LogP contribution in [0.25, 0.3) is 98.9 Å². The van der Waals surface area contributed by atoms with Crippen LogP contribution in [0.5, 0.6) is 0 Å². The molecule has 0 saturated heterocycles. The quantitative estimate of drug-likeness (QED) is 0.172. The second kappa shape index (κ2) is 13.0. The van der Waals surface area contributed by atoms with Gasteiger partial charge < -0.3 is 0 Å². The average Bonchev–Trinajstić information content (AvgIpc) is 3.62. The number of hydrogen-bond acceptors (Lipinski definition) is 7. The number of nitrogens with zero attached hydrogens (tertiary/aromatic N) is 6. The molecule has 0 saturated carbocycles. The molecule has 0 bridgehead atoms. The summed E-state index contributed by atoms with van der Waals surface area (Å²) in [6.07, 6.45) is 3.59. The van der Waals surface area contributed by atoms with E-state index in [1.165, 1.54) is 10.8 Å². The predicted molar refractivity (Wildman–Crippen MR) is 216 cm³/mol. The molecule has 0 atom stereocenters. The molecule has 0 radical (unpaired) electrons. The third-order valence-corrected chi connectivity index (χ3v) is 10.6. The fourth-order valence-corrected chi connectivity index (χ4v) is 7.88. The highest BCUT2D eigenvalue weighted by molar-refractivity contribution is 7.25. The van der Waals surface area contributed by atoms with Crippen LogP contribution in [0.3, 0.4) is 0 Å². The molecule has 0 fully saturated rings. The van der Waals surface area contributed by atoms with Crippen molar-refractivity contribution in [2.24, 2.45) is 0 Å². The molecule has 248 valence electrons. The van der Waals surface area contributed by atoms with E-state index >= 15 is 0 Å². The number of rotatable bonds is 6. The molecule has 0 spiro atoms. The van der Waals surface area contributed by atoms with Gasteiger partial charge in [0.05, 0.1) is 15.9 Å². The molecule has 0 unspecified atom stereocenters. The minimum Gasteiger partial charge on any atom is -0.245 e. The highest BCUT2D eigenvalue weighted by Crippen LogP contribution is 2.39. The standard InChI is InChI=1S/C46H28N6S/c1-3-10-29(11-4-1)35-16-9-17-37(25-35)45-51-43(32-13-5-2-6-14-32)50-44(52-45)33-21-18-31(19-22-33)38-26-39-41-42(53-46(39)47-27-38)40(48-28-49-41)36-23-20-30-12-7-8-15-34(30)24-36/h1-28H. The van der Waals surface area contributed by atoms with Crippen molar-refractivity contribution in [3.8, 4) is 67.7 Å². The molecule has 4 heterocycles. The van der Waals surface area contributed by atoms with Gasteiger partial charge in [-0.2, -0.15) is 0 Å². The lowest BCUT2D eigenvalue weighted by Gasteiger charge is -2.10. The summed E-state index contributed by atoms with van der Waals surface area (Å²) >= 11 is 1.63. The summed E-state index contributed by atoms with van der Waals surface area (Å²) in [4.78, 5) is 30.2. The van der Waals surface area contributed by atoms with E-state index in [2.05, 4.69) is 109 Å². The molecule has 0 aliphatic rings. The maximum absolute atomic E-state index is 5.01. The van der Waals surface area contributed by atoms with Crippen LogP contribution in [0.2, 0.25) is 0 Å². The van der Waals surface area contributed by atoms with Crippen molar-refractivity contribution in [3.63, 3.8) is 0 Å². The van der Waals surface area contributed by atoms with E-state index in [-0.39, 0.29) is 0 Å². The van der Waals surface area contributed by atoms with Crippen molar-refractivity contribution in [1.82, 2.24) is 29.9 Å². The van der Waals surface area contributed by atoms with E-state index in [1.807, 2.05) is 54.7 Å². The van der Waals surface area contributed by atoms with Crippen LogP contribution in [0, 0.1) is 0 Å². The first-order chi connectivity index (χ1) is 26.2. The van der Waals surface area contributed by atoms with Gasteiger partial charge in [-0.15, -0.1) is 11.3 Å². The third kappa shape index (κ3) is 5.79. The molecule has 0 amide bonds. The first-order valence-corrected chi connectivity index (χ1v) is 18.2. The van der Waals surface area contributed by atoms with Crippen molar-refractivity contribution >= 4 is 42.5 Å². The lowest BCUT2D eigenvalue weighted by Crippen LogP contribution is -2.00. The maximum Gasteiger partial charge on any atom is 0.164 e. The van der Waals surface area contributed by atoms with E-state index in [0.717, 1.165) is 70.6 Å². The van der Waals surface area contributed by atoms with E-state index < -0.39 is 0 Å². The minimum absolute atomic E-state index is 0.612. The van der Waals surface area contributed by atoms with Gasteiger partial charge in [0, 0.05) is 39.4 Å². The van der Waals surface area contributed by atoms with Gasteiger partial charge >= 0.3 is 0 Å². The highest BCUT2D eigenvalue weighted by Gasteiger charge is 2.16. The molecule has 6 nitrogen and oxygen atoms in total. The summed E-state index contributed by atoms with van der Waals surface area (Å²) in [6.45, 7) is 0. The highest BCUT2D eigenvalue weighted by atomic mass is 32.1. The van der Waals surface area contributed by atoms with E-state index in [0.29, 0.717) is 17.5 Å². The zero-order valence-corrected chi connectivity index (χ0v) is 29.1. The maximum atomic E-state index is 5.01. The Balaban J connectivity index is 1.02. The molecular weight excluding hydrogens is 669 g/mol. The normalized spacial score (nSPS) is 11.4. The Morgan fingerprint density at radius 3 is 1.74 bits per heavy atom. The van der Waals surface area contributed by atoms with Gasteiger partial charge in [0.25, 0.3) is 0 Å². The lowest BCUT2D eigenvalue weighted by molar-refractivity contribution is 1.07. The Morgan fingerprint density at radius 1 is 0.377 bits per heavy atom. The zero-order chi connectivity index (χ0) is 35.1. The number of thiophene rings is 1. The summed E-state index contributed by atoms with van der Waals surface area (Å²) in [6, 6.07) is 54.1. The second-order valence-electron chi connectivity index (χ2n) is 12.8. The second-order valence-corrected chi connectivity index (χ2v) is 13.8. The van der Waals surface area contributed by atoms with Crippen LogP contribution in [0.1, 0.15) is 0 Å². The van der Waals surface area contributed by atoms with Gasteiger partial charge in [0.15, 0.2) is 17.5 Å². The Bertz CT molecular complexity index is 2940. The summed E-state index contributed by atoms with van der Waals surface area (Å²) in [5.74, 6) is 1.87. The van der Waals surface area contributed by atoms with Crippen LogP contribution in [-0.2, 0) is 0 Å². The van der Waals surface area contributed by atoms with Crippen LogP contribution < -0.4 is 0 Å². The lowest BCUT2D eigenvalue weighted by atomic mass is 10.0. The van der Waals surface area contributed by atoms with E-state index in [4.69, 9.17) is 29.9 Å². The predicted octanol–water partition coefficient (Wildman–Crippen LogP) is 11.6. The van der Waals surface area contributed by atoms with Gasteiger partial charge in [-0.1, -0.05) is 140 Å². The van der Waals surface area contributed by atoms with Crippen molar-refractivity contribution < 1.29 is 0 Å². The number of aromatic nitrogens is 6. The van der Waals surface area contributed by atoms with Gasteiger partial charge in [0.2, 0.25) is 0 Å². The third-order valence-electron chi connectivity index (χ3n) is 9.50. The van der Waals surface area contributed by atoms with Gasteiger partial charge in [-0.3, -0.25) is 0 Å². The molecule has 0 N–H and O–H groups in total. The Morgan fingerprint density at radius 2 is 0.962 bits per heavy atom.